The predicted octanol–water partition coefficient (Wildman–Crippen LogP) is 4.06. The van der Waals surface area contributed by atoms with Crippen molar-refractivity contribution in [2.24, 2.45) is 0 Å². The third-order valence-electron chi connectivity index (χ3n) is 4.26. The smallest absolute Gasteiger partial charge is 0.255 e. The van der Waals surface area contributed by atoms with E-state index in [1.165, 1.54) is 0 Å². The monoisotopic (exact) mass is 380 g/mol. The number of halogens is 1. The minimum absolute atomic E-state index is 0.0470. The number of hydrogen-bond donors (Lipinski definition) is 1. The van der Waals surface area contributed by atoms with Crippen LogP contribution in [0, 0.1) is 0 Å². The lowest BCUT2D eigenvalue weighted by Crippen LogP contribution is -2.29. The lowest BCUT2D eigenvalue weighted by Gasteiger charge is -2.17. The van der Waals surface area contributed by atoms with Gasteiger partial charge >= 0.3 is 0 Å². The number of anilines is 1. The molecule has 0 bridgehead atoms. The van der Waals surface area contributed by atoms with E-state index in [4.69, 9.17) is 11.6 Å². The van der Waals surface area contributed by atoms with Crippen molar-refractivity contribution < 1.29 is 4.79 Å². The van der Waals surface area contributed by atoms with E-state index in [0.717, 1.165) is 17.5 Å². The number of carbonyl (C=O) groups excluding carboxylic acids is 1. The van der Waals surface area contributed by atoms with E-state index in [1.807, 2.05) is 36.4 Å². The summed E-state index contributed by atoms with van der Waals surface area (Å²) in [5.74, 6) is 0.653. The Kier molecular flexibility index (Phi) is 6.39. The van der Waals surface area contributed by atoms with E-state index in [9.17, 15) is 4.79 Å². The molecule has 0 aliphatic carbocycles. The molecule has 0 atom stereocenters. The van der Waals surface area contributed by atoms with Crippen LogP contribution in [0.15, 0.2) is 67.1 Å². The molecule has 0 saturated carbocycles. The lowest BCUT2D eigenvalue weighted by atomic mass is 10.2. The average molecular weight is 381 g/mol. The Morgan fingerprint density at radius 3 is 2.59 bits per heavy atom. The van der Waals surface area contributed by atoms with Crippen LogP contribution in [0.2, 0.25) is 5.02 Å². The number of pyridine rings is 2. The Morgan fingerprint density at radius 1 is 1.11 bits per heavy atom. The molecule has 0 spiro atoms. The molecule has 1 aromatic carbocycles. The highest BCUT2D eigenvalue weighted by Crippen LogP contribution is 2.16. The molecule has 27 heavy (non-hydrogen) atoms. The lowest BCUT2D eigenvalue weighted by molar-refractivity contribution is 0.0796. The molecule has 5 nitrogen and oxygen atoms in total. The number of benzene rings is 1. The second kappa shape index (κ2) is 9.14. The zero-order valence-electron chi connectivity index (χ0n) is 15.1. The van der Waals surface area contributed by atoms with Gasteiger partial charge in [0.25, 0.3) is 5.91 Å². The first-order valence-corrected chi connectivity index (χ1v) is 9.09. The minimum Gasteiger partial charge on any atom is -0.366 e. The van der Waals surface area contributed by atoms with Gasteiger partial charge in [-0.15, -0.1) is 0 Å². The molecule has 0 aliphatic rings. The fourth-order valence-electron chi connectivity index (χ4n) is 2.62. The second-order valence-corrected chi connectivity index (χ2v) is 6.62. The minimum atomic E-state index is -0.0470. The molecule has 6 heteroatoms. The van der Waals surface area contributed by atoms with Gasteiger partial charge in [0.05, 0.1) is 5.56 Å². The molecular formula is C21H21ClN4O. The van der Waals surface area contributed by atoms with E-state index < -0.39 is 0 Å². The van der Waals surface area contributed by atoms with Crippen LogP contribution in [-0.4, -0.2) is 34.4 Å². The van der Waals surface area contributed by atoms with Crippen LogP contribution in [0.4, 0.5) is 5.82 Å². The van der Waals surface area contributed by atoms with Crippen molar-refractivity contribution in [2.45, 2.75) is 13.0 Å². The molecule has 3 rings (SSSR count). The molecule has 0 unspecified atom stereocenters. The molecule has 2 heterocycles. The summed E-state index contributed by atoms with van der Waals surface area (Å²) in [5.41, 5.74) is 2.72. The van der Waals surface area contributed by atoms with Gasteiger partial charge < -0.3 is 10.2 Å². The van der Waals surface area contributed by atoms with E-state index >= 15 is 0 Å². The first-order chi connectivity index (χ1) is 13.1. The fourth-order valence-corrected chi connectivity index (χ4v) is 2.82. The van der Waals surface area contributed by atoms with Gasteiger partial charge in [-0.05, 0) is 47.9 Å². The Hall–Kier alpha value is -2.92. The van der Waals surface area contributed by atoms with Crippen molar-refractivity contribution in [1.29, 1.82) is 0 Å². The molecule has 3 aromatic rings. The van der Waals surface area contributed by atoms with Crippen molar-refractivity contribution in [3.63, 3.8) is 0 Å². The van der Waals surface area contributed by atoms with Crippen LogP contribution in [0.5, 0.6) is 0 Å². The van der Waals surface area contributed by atoms with Crippen LogP contribution in [0.3, 0.4) is 0 Å². The molecule has 0 saturated heterocycles. The standard InChI is InChI=1S/C21H21ClN4O/c1-26(13-10-16-8-11-23-12-9-16)21(27)18-6-7-20(25-15-18)24-14-17-4-2-3-5-19(17)22/h2-9,11-12,15H,10,13-14H2,1H3,(H,24,25). The van der Waals surface area contributed by atoms with E-state index in [0.29, 0.717) is 29.5 Å². The van der Waals surface area contributed by atoms with Gasteiger partial charge in [-0.3, -0.25) is 9.78 Å². The number of nitrogens with one attached hydrogen (secondary N) is 1. The number of hydrogen-bond acceptors (Lipinski definition) is 4. The SMILES string of the molecule is CN(CCc1ccncc1)C(=O)c1ccc(NCc2ccccc2Cl)nc1. The maximum Gasteiger partial charge on any atom is 0.255 e. The van der Waals surface area contributed by atoms with Crippen molar-refractivity contribution in [3.05, 3.63) is 88.8 Å². The number of amides is 1. The maximum atomic E-state index is 12.5. The summed E-state index contributed by atoms with van der Waals surface area (Å²) in [6, 6.07) is 15.2. The van der Waals surface area contributed by atoms with Crippen molar-refractivity contribution in [3.8, 4) is 0 Å². The first-order valence-electron chi connectivity index (χ1n) is 8.71. The Labute approximate surface area is 164 Å². The number of nitrogens with zero attached hydrogens (tertiary/aromatic N) is 3. The Balaban J connectivity index is 1.54. The molecule has 138 valence electrons. The topological polar surface area (TPSA) is 58.1 Å². The normalized spacial score (nSPS) is 10.4. The predicted molar refractivity (Wildman–Crippen MR) is 108 cm³/mol. The quantitative estimate of drug-likeness (QED) is 0.671. The Morgan fingerprint density at radius 2 is 1.89 bits per heavy atom. The first kappa shape index (κ1) is 18.9. The Bertz CT molecular complexity index is 884. The molecule has 1 N–H and O–H groups in total. The summed E-state index contributed by atoms with van der Waals surface area (Å²) < 4.78 is 0. The van der Waals surface area contributed by atoms with Gasteiger partial charge in [0.1, 0.15) is 5.82 Å². The van der Waals surface area contributed by atoms with Gasteiger partial charge in [-0.25, -0.2) is 4.98 Å². The maximum absolute atomic E-state index is 12.5. The molecule has 2 aromatic heterocycles. The summed E-state index contributed by atoms with van der Waals surface area (Å²) in [4.78, 5) is 22.6. The number of rotatable bonds is 7. The summed E-state index contributed by atoms with van der Waals surface area (Å²) >= 11 is 6.15. The summed E-state index contributed by atoms with van der Waals surface area (Å²) in [6.45, 7) is 1.21. The zero-order valence-corrected chi connectivity index (χ0v) is 15.9. The van der Waals surface area contributed by atoms with Crippen molar-refractivity contribution in [1.82, 2.24) is 14.9 Å². The van der Waals surface area contributed by atoms with E-state index in [1.54, 1.807) is 42.7 Å². The van der Waals surface area contributed by atoms with Gasteiger partial charge in [0.15, 0.2) is 0 Å². The molecule has 1 amide bonds. The zero-order chi connectivity index (χ0) is 19.1. The van der Waals surface area contributed by atoms with E-state index in [2.05, 4.69) is 15.3 Å². The summed E-state index contributed by atoms with van der Waals surface area (Å²) in [5, 5.41) is 3.93. The van der Waals surface area contributed by atoms with Gasteiger partial charge in [0.2, 0.25) is 0 Å². The summed E-state index contributed by atoms with van der Waals surface area (Å²) in [7, 11) is 1.80. The fraction of sp³-hybridized carbons (Fsp3) is 0.190. The van der Waals surface area contributed by atoms with Crippen LogP contribution >= 0.6 is 11.6 Å². The molecule has 0 aliphatic heterocycles. The van der Waals surface area contributed by atoms with Crippen molar-refractivity contribution >= 4 is 23.3 Å². The van der Waals surface area contributed by atoms with Crippen LogP contribution in [-0.2, 0) is 13.0 Å². The van der Waals surface area contributed by atoms with Gasteiger partial charge in [-0.1, -0.05) is 29.8 Å². The molecule has 0 fully saturated rings. The summed E-state index contributed by atoms with van der Waals surface area (Å²) in [6.07, 6.45) is 5.90. The molecule has 0 radical (unpaired) electrons. The third kappa shape index (κ3) is 5.28. The highest BCUT2D eigenvalue weighted by Gasteiger charge is 2.12. The largest absolute Gasteiger partial charge is 0.366 e. The second-order valence-electron chi connectivity index (χ2n) is 6.21. The van der Waals surface area contributed by atoms with Gasteiger partial charge in [-0.2, -0.15) is 0 Å². The number of likely N-dealkylation sites (N-methyl/N-ethyl adjacent to an activating group) is 1. The number of aromatic nitrogens is 2. The van der Waals surface area contributed by atoms with Crippen LogP contribution in [0.1, 0.15) is 21.5 Å². The third-order valence-corrected chi connectivity index (χ3v) is 4.63. The molecular weight excluding hydrogens is 360 g/mol. The van der Waals surface area contributed by atoms with Crippen LogP contribution in [0.25, 0.3) is 0 Å². The van der Waals surface area contributed by atoms with Crippen molar-refractivity contribution in [2.75, 3.05) is 18.9 Å². The highest BCUT2D eigenvalue weighted by atomic mass is 35.5. The van der Waals surface area contributed by atoms with Gasteiger partial charge in [0, 0.05) is 43.8 Å². The van der Waals surface area contributed by atoms with E-state index in [-0.39, 0.29) is 5.91 Å². The average Bonchev–Trinajstić information content (AvgIpc) is 2.72. The van der Waals surface area contributed by atoms with Crippen LogP contribution < -0.4 is 5.32 Å². The number of carbonyl (C=O) groups is 1. The highest BCUT2D eigenvalue weighted by molar-refractivity contribution is 6.31.